The number of carbonyl (C=O) groups is 4. The van der Waals surface area contributed by atoms with Gasteiger partial charge in [0, 0.05) is 37.4 Å². The van der Waals surface area contributed by atoms with Crippen molar-refractivity contribution in [2.75, 3.05) is 33.1 Å². The number of nitrogens with one attached hydrogen (secondary N) is 3. The van der Waals surface area contributed by atoms with Gasteiger partial charge >= 0.3 is 0 Å². The van der Waals surface area contributed by atoms with E-state index in [1.54, 1.807) is 0 Å². The zero-order valence-electron chi connectivity index (χ0n) is 29.8. The Morgan fingerprint density at radius 2 is 1.57 bits per heavy atom. The third-order valence-electron chi connectivity index (χ3n) is 6.78. The number of aliphatic imine (C=N–C) groups is 2. The molecule has 2 amide bonds. The molecule has 49 heavy (non-hydrogen) atoms. The maximum absolute atomic E-state index is 13.8. The van der Waals surface area contributed by atoms with Crippen molar-refractivity contribution in [2.45, 2.75) is 65.5 Å². The summed E-state index contributed by atoms with van der Waals surface area (Å²) in [5.41, 5.74) is 14.1. The molecule has 13 nitrogen and oxygen atoms in total. The van der Waals surface area contributed by atoms with Crippen LogP contribution < -0.4 is 27.4 Å². The van der Waals surface area contributed by atoms with Gasteiger partial charge in [0.1, 0.15) is 24.7 Å². The third-order valence-corrected chi connectivity index (χ3v) is 6.78. The Morgan fingerprint density at radius 3 is 2.08 bits per heavy atom. The van der Waals surface area contributed by atoms with Crippen LogP contribution in [0.15, 0.2) is 70.6 Å². The van der Waals surface area contributed by atoms with Crippen molar-refractivity contribution in [1.29, 1.82) is 0 Å². The van der Waals surface area contributed by atoms with Gasteiger partial charge in [-0.25, -0.2) is 4.99 Å². The normalized spacial score (nSPS) is 11.7. The van der Waals surface area contributed by atoms with Crippen LogP contribution in [-0.2, 0) is 19.2 Å². The Bertz CT molecular complexity index is 1460. The summed E-state index contributed by atoms with van der Waals surface area (Å²) in [5.74, 6) is -0.747. The molecule has 0 fully saturated rings. The topological polar surface area (TPSA) is 206 Å². The standard InChI is InChI=1S/C32H39N7O4.C2H6.CH5N.CH4O/c1-22-28(31(35-21-33)37-25(20-41)14-10-18-34-3)29(38-32(43)27(17-11-19-40)36-23(2)42)30(24-12-6-4-7-13-24)39(22)26-15-8-5-9-16-26;3*1-2/h4-9,12-13,15-16,19-21,25,27,34H,10-11,14,17-18H2,1-3H3,(H,36,42)(H,38,43)(H2,33,35,37);1-2H3;2H2,1H3;2H,1H3. The number of amidine groups is 1. The monoisotopic (exact) mass is 678 g/mol. The molecule has 1 heterocycles. The highest BCUT2D eigenvalue weighted by atomic mass is 16.2. The van der Waals surface area contributed by atoms with Crippen LogP contribution in [0.5, 0.6) is 0 Å². The van der Waals surface area contributed by atoms with E-state index < -0.39 is 23.9 Å². The number of aldehydes is 2. The lowest BCUT2D eigenvalue weighted by molar-refractivity contribution is -0.125. The van der Waals surface area contributed by atoms with Crippen LogP contribution in [0, 0.1) is 6.92 Å². The molecule has 2 unspecified atom stereocenters. The largest absolute Gasteiger partial charge is 0.400 e. The molecule has 268 valence electrons. The molecule has 0 aliphatic carbocycles. The molecule has 0 saturated carbocycles. The first kappa shape index (κ1) is 44.0. The Labute approximate surface area is 290 Å². The van der Waals surface area contributed by atoms with E-state index in [4.69, 9.17) is 15.8 Å². The summed E-state index contributed by atoms with van der Waals surface area (Å²) < 4.78 is 1.98. The van der Waals surface area contributed by atoms with Crippen molar-refractivity contribution >= 4 is 42.2 Å². The lowest BCUT2D eigenvalue weighted by Gasteiger charge is -2.19. The van der Waals surface area contributed by atoms with E-state index in [0.717, 1.165) is 31.0 Å². The Morgan fingerprint density at radius 1 is 0.980 bits per heavy atom. The molecule has 2 atom stereocenters. The maximum Gasteiger partial charge on any atom is 0.247 e. The van der Waals surface area contributed by atoms with Gasteiger partial charge in [0.2, 0.25) is 11.8 Å². The average molecular weight is 679 g/mol. The Kier molecular flexibility index (Phi) is 23.4. The summed E-state index contributed by atoms with van der Waals surface area (Å²) in [6, 6.07) is 17.4. The van der Waals surface area contributed by atoms with E-state index in [1.807, 2.05) is 93.0 Å². The fourth-order valence-electron chi connectivity index (χ4n) is 4.86. The van der Waals surface area contributed by atoms with Gasteiger partial charge in [-0.1, -0.05) is 62.4 Å². The van der Waals surface area contributed by atoms with E-state index in [-0.39, 0.29) is 18.7 Å². The molecule has 2 aromatic carbocycles. The van der Waals surface area contributed by atoms with Gasteiger partial charge in [-0.2, -0.15) is 0 Å². The molecular formula is C36H54N8O5. The smallest absolute Gasteiger partial charge is 0.247 e. The molecular weight excluding hydrogens is 624 g/mol. The quantitative estimate of drug-likeness (QED) is 0.0607. The van der Waals surface area contributed by atoms with Crippen molar-refractivity contribution < 1.29 is 24.3 Å². The van der Waals surface area contributed by atoms with Gasteiger partial charge in [-0.15, -0.1) is 0 Å². The number of anilines is 1. The number of benzene rings is 2. The van der Waals surface area contributed by atoms with Crippen molar-refractivity contribution in [3.05, 3.63) is 71.9 Å². The predicted molar refractivity (Wildman–Crippen MR) is 199 cm³/mol. The Balaban J connectivity index is 0.00000363. The number of aliphatic hydroxyl groups excluding tert-OH is 1. The van der Waals surface area contributed by atoms with Crippen molar-refractivity contribution in [1.82, 2.24) is 15.2 Å². The molecule has 3 aromatic rings. The maximum atomic E-state index is 13.8. The molecule has 3 rings (SSSR count). The molecule has 1 aromatic heterocycles. The third kappa shape index (κ3) is 13.6. The van der Waals surface area contributed by atoms with Gasteiger partial charge in [-0.05, 0) is 59.0 Å². The summed E-state index contributed by atoms with van der Waals surface area (Å²) in [6.07, 6.45) is 3.96. The van der Waals surface area contributed by atoms with Crippen LogP contribution in [0.1, 0.15) is 57.7 Å². The molecule has 0 radical (unpaired) electrons. The number of carbonyl (C=O) groups excluding carboxylic acids is 4. The van der Waals surface area contributed by atoms with E-state index in [1.165, 1.54) is 14.0 Å². The highest BCUT2D eigenvalue weighted by Gasteiger charge is 2.29. The van der Waals surface area contributed by atoms with Gasteiger partial charge < -0.3 is 46.7 Å². The highest BCUT2D eigenvalue weighted by Crippen LogP contribution is 2.39. The minimum atomic E-state index is -0.970. The molecule has 0 saturated heterocycles. The first-order valence-electron chi connectivity index (χ1n) is 16.2. The SMILES string of the molecule is CC.CN.CNCCCC(C=O)N=C(N=CN)c1c(NC(=O)C(CCC=O)NC(C)=O)c(-c2ccccc2)n(-c2ccccc2)c1C.CO. The Hall–Kier alpha value is -4.98. The number of amides is 2. The number of hydrogen-bond donors (Lipinski definition) is 6. The van der Waals surface area contributed by atoms with Gasteiger partial charge in [0.05, 0.1) is 23.3 Å². The van der Waals surface area contributed by atoms with E-state index in [2.05, 4.69) is 26.7 Å². The van der Waals surface area contributed by atoms with Crippen LogP contribution in [0.3, 0.4) is 0 Å². The van der Waals surface area contributed by atoms with E-state index in [0.29, 0.717) is 48.3 Å². The van der Waals surface area contributed by atoms with E-state index in [9.17, 15) is 19.2 Å². The number of nitrogens with two attached hydrogens (primary N) is 2. The van der Waals surface area contributed by atoms with Crippen molar-refractivity contribution in [3.8, 4) is 16.9 Å². The lowest BCUT2D eigenvalue weighted by atomic mass is 10.1. The van der Waals surface area contributed by atoms with E-state index >= 15 is 0 Å². The van der Waals surface area contributed by atoms with Crippen LogP contribution in [-0.4, -0.2) is 86.1 Å². The zero-order chi connectivity index (χ0) is 37.2. The number of aromatic nitrogens is 1. The summed E-state index contributed by atoms with van der Waals surface area (Å²) in [4.78, 5) is 58.0. The highest BCUT2D eigenvalue weighted by molar-refractivity contribution is 6.14. The summed E-state index contributed by atoms with van der Waals surface area (Å²) in [6.45, 7) is 7.90. The zero-order valence-corrected chi connectivity index (χ0v) is 29.8. The molecule has 13 heteroatoms. The van der Waals surface area contributed by atoms with Crippen LogP contribution in [0.2, 0.25) is 0 Å². The number of para-hydroxylation sites is 1. The number of nitrogens with zero attached hydrogens (tertiary/aromatic N) is 3. The van der Waals surface area contributed by atoms with Crippen LogP contribution >= 0.6 is 0 Å². The lowest BCUT2D eigenvalue weighted by Crippen LogP contribution is -2.43. The minimum absolute atomic E-state index is 0.0820. The number of hydrogen-bond acceptors (Lipinski definition) is 8. The van der Waals surface area contributed by atoms with Crippen molar-refractivity contribution in [2.24, 2.45) is 21.5 Å². The second-order valence-corrected chi connectivity index (χ2v) is 9.89. The minimum Gasteiger partial charge on any atom is -0.400 e. The number of rotatable bonds is 15. The van der Waals surface area contributed by atoms with Gasteiger partial charge in [0.25, 0.3) is 0 Å². The average Bonchev–Trinajstić information content (AvgIpc) is 3.43. The predicted octanol–water partition coefficient (Wildman–Crippen LogP) is 3.39. The summed E-state index contributed by atoms with van der Waals surface area (Å²) >= 11 is 0. The first-order valence-corrected chi connectivity index (χ1v) is 16.2. The fraction of sp³-hybridized carbons (Fsp3) is 0.389. The van der Waals surface area contributed by atoms with Gasteiger partial charge in [-0.3, -0.25) is 14.6 Å². The first-order chi connectivity index (χ1) is 23.9. The second-order valence-electron chi connectivity index (χ2n) is 9.89. The molecule has 0 aliphatic rings. The van der Waals surface area contributed by atoms with Crippen LogP contribution in [0.4, 0.5) is 5.69 Å². The van der Waals surface area contributed by atoms with Crippen LogP contribution in [0.25, 0.3) is 16.9 Å². The molecule has 0 aliphatic heterocycles. The number of aliphatic hydroxyl groups is 1. The van der Waals surface area contributed by atoms with Gasteiger partial charge in [0.15, 0.2) is 5.84 Å². The second kappa shape index (κ2) is 26.0. The molecule has 0 spiro atoms. The van der Waals surface area contributed by atoms with Crippen molar-refractivity contribution in [3.63, 3.8) is 0 Å². The fourth-order valence-corrected chi connectivity index (χ4v) is 4.86. The summed E-state index contributed by atoms with van der Waals surface area (Å²) in [7, 11) is 4.34. The molecule has 0 bridgehead atoms. The summed E-state index contributed by atoms with van der Waals surface area (Å²) in [5, 5.41) is 15.7. The molecule has 8 N–H and O–H groups in total.